The molecule has 0 bridgehead atoms. The molecule has 0 saturated carbocycles. The summed E-state index contributed by atoms with van der Waals surface area (Å²) in [6.07, 6.45) is 0. The molecule has 0 aliphatic rings. The molecular formula is C4H10ClNO2. The third kappa shape index (κ3) is 6.17. The van der Waals surface area contributed by atoms with Crippen molar-refractivity contribution in [3.05, 3.63) is 0 Å². The molecule has 0 fully saturated rings. The largest absolute Gasteiger partial charge is 0.211 e. The molecular weight excluding hydrogens is 130 g/mol. The van der Waals surface area contributed by atoms with Crippen molar-refractivity contribution in [3.8, 4) is 0 Å². The molecule has 8 heavy (non-hydrogen) atoms. The Balaban J connectivity index is 3.11. The van der Waals surface area contributed by atoms with Crippen LogP contribution in [0.2, 0.25) is 0 Å². The van der Waals surface area contributed by atoms with Crippen molar-refractivity contribution in [2.24, 2.45) is 0 Å². The second-order valence-electron chi connectivity index (χ2n) is 2.36. The van der Waals surface area contributed by atoms with E-state index in [1.54, 1.807) is 0 Å². The van der Waals surface area contributed by atoms with Gasteiger partial charge in [0.15, 0.2) is 0 Å². The van der Waals surface area contributed by atoms with Crippen LogP contribution >= 0.6 is 11.8 Å². The molecule has 0 unspecified atom stereocenters. The zero-order valence-corrected chi connectivity index (χ0v) is 5.95. The second kappa shape index (κ2) is 3.25. The van der Waals surface area contributed by atoms with Crippen LogP contribution < -0.4 is 5.00 Å². The van der Waals surface area contributed by atoms with E-state index in [1.807, 2.05) is 25.8 Å². The predicted molar refractivity (Wildman–Crippen MR) is 30.9 cm³/mol. The third-order valence-electron chi connectivity index (χ3n) is 0.323. The van der Waals surface area contributed by atoms with Crippen LogP contribution in [-0.2, 0) is 9.88 Å². The molecule has 4 heteroatoms. The van der Waals surface area contributed by atoms with Gasteiger partial charge < -0.3 is 0 Å². The Labute approximate surface area is 53.9 Å². The van der Waals surface area contributed by atoms with Gasteiger partial charge in [0.1, 0.15) is 0 Å². The van der Waals surface area contributed by atoms with Crippen LogP contribution in [0.3, 0.4) is 0 Å². The van der Waals surface area contributed by atoms with Gasteiger partial charge in [-0.3, -0.25) is 0 Å². The van der Waals surface area contributed by atoms with Gasteiger partial charge in [-0.1, -0.05) is 5.00 Å². The van der Waals surface area contributed by atoms with Crippen molar-refractivity contribution in [1.82, 2.24) is 5.00 Å². The molecule has 0 aromatic carbocycles. The number of hydrogen-bond donors (Lipinski definition) is 1. The predicted octanol–water partition coefficient (Wildman–Crippen LogP) is 1.39. The number of halogens is 1. The van der Waals surface area contributed by atoms with E-state index >= 15 is 0 Å². The van der Waals surface area contributed by atoms with E-state index in [0.717, 1.165) is 0 Å². The number of nitrogens with one attached hydrogen (secondary N) is 1. The van der Waals surface area contributed by atoms with E-state index < -0.39 is 0 Å². The first-order chi connectivity index (χ1) is 3.56. The van der Waals surface area contributed by atoms with E-state index in [9.17, 15) is 0 Å². The molecule has 0 atom stereocenters. The van der Waals surface area contributed by atoms with Crippen LogP contribution in [0, 0.1) is 0 Å². The van der Waals surface area contributed by atoms with Gasteiger partial charge in [0.25, 0.3) is 0 Å². The summed E-state index contributed by atoms with van der Waals surface area (Å²) >= 11 is 4.91. The molecule has 50 valence electrons. The summed E-state index contributed by atoms with van der Waals surface area (Å²) in [7, 11) is 0. The van der Waals surface area contributed by atoms with Crippen molar-refractivity contribution in [2.45, 2.75) is 26.4 Å². The fourth-order valence-electron chi connectivity index (χ4n) is 0.141. The summed E-state index contributed by atoms with van der Waals surface area (Å²) < 4.78 is 0. The fourth-order valence-corrected chi connectivity index (χ4v) is 0.172. The van der Waals surface area contributed by atoms with Gasteiger partial charge in [0.05, 0.1) is 5.60 Å². The smallest absolute Gasteiger partial charge is 0.0972 e. The third-order valence-corrected chi connectivity index (χ3v) is 0.386. The summed E-state index contributed by atoms with van der Waals surface area (Å²) in [5.41, 5.74) is -0.318. The van der Waals surface area contributed by atoms with Gasteiger partial charge >= 0.3 is 0 Å². The van der Waals surface area contributed by atoms with Gasteiger partial charge in [-0.05, 0) is 20.8 Å². The summed E-state index contributed by atoms with van der Waals surface area (Å²) in [5, 5.41) is 0. The zero-order valence-electron chi connectivity index (χ0n) is 5.19. The van der Waals surface area contributed by atoms with Crippen LogP contribution in [0.1, 0.15) is 20.8 Å². The minimum Gasteiger partial charge on any atom is -0.211 e. The normalized spacial score (nSPS) is 12.0. The topological polar surface area (TPSA) is 30.5 Å². The number of hydrogen-bond acceptors (Lipinski definition) is 3. The van der Waals surface area contributed by atoms with Crippen LogP contribution in [0.5, 0.6) is 0 Å². The van der Waals surface area contributed by atoms with E-state index in [-0.39, 0.29) is 5.60 Å². The Kier molecular flexibility index (Phi) is 3.31. The van der Waals surface area contributed by atoms with Gasteiger partial charge in [0.2, 0.25) is 0 Å². The number of rotatable bonds is 2. The van der Waals surface area contributed by atoms with Crippen LogP contribution in [-0.4, -0.2) is 5.60 Å². The molecule has 1 N–H and O–H groups in total. The van der Waals surface area contributed by atoms with Crippen molar-refractivity contribution in [3.63, 3.8) is 0 Å². The average Bonchev–Trinajstić information content (AvgIpc) is 1.59. The zero-order chi connectivity index (χ0) is 6.62. The maximum atomic E-state index is 4.91. The van der Waals surface area contributed by atoms with Gasteiger partial charge in [0, 0.05) is 11.8 Å². The van der Waals surface area contributed by atoms with Gasteiger partial charge in [-0.15, -0.1) is 4.99 Å². The lowest BCUT2D eigenvalue weighted by Gasteiger charge is -2.14. The molecule has 0 saturated heterocycles. The Morgan fingerprint density at radius 3 is 2.00 bits per heavy atom. The molecule has 0 radical (unpaired) electrons. The highest BCUT2D eigenvalue weighted by Crippen LogP contribution is 2.05. The van der Waals surface area contributed by atoms with Crippen LogP contribution in [0.15, 0.2) is 0 Å². The first kappa shape index (κ1) is 8.17. The maximum absolute atomic E-state index is 4.91. The van der Waals surface area contributed by atoms with Crippen molar-refractivity contribution < 1.29 is 9.88 Å². The lowest BCUT2D eigenvalue weighted by atomic mass is 10.2. The van der Waals surface area contributed by atoms with Crippen LogP contribution in [0.25, 0.3) is 0 Å². The van der Waals surface area contributed by atoms with Gasteiger partial charge in [-0.2, -0.15) is 0 Å². The quantitative estimate of drug-likeness (QED) is 0.356. The standard InChI is InChI=1S/C4H10ClNO2/c1-4(2,3)7-8-6-5/h6H,1-3H3. The maximum Gasteiger partial charge on any atom is 0.0972 e. The summed E-state index contributed by atoms with van der Waals surface area (Å²) in [6, 6.07) is 0. The average molecular weight is 140 g/mol. The minimum atomic E-state index is -0.318. The molecule has 0 rings (SSSR count). The fraction of sp³-hybridized carbons (Fsp3) is 1.00. The molecule has 0 amide bonds. The van der Waals surface area contributed by atoms with Crippen LogP contribution in [0.4, 0.5) is 0 Å². The molecule has 0 aliphatic heterocycles. The monoisotopic (exact) mass is 139 g/mol. The first-order valence-corrected chi connectivity index (χ1v) is 2.64. The van der Waals surface area contributed by atoms with E-state index in [2.05, 4.69) is 9.88 Å². The summed E-state index contributed by atoms with van der Waals surface area (Å²) in [5.74, 6) is 0. The van der Waals surface area contributed by atoms with Crippen molar-refractivity contribution in [1.29, 1.82) is 0 Å². The highest BCUT2D eigenvalue weighted by atomic mass is 35.5. The van der Waals surface area contributed by atoms with Crippen molar-refractivity contribution >= 4 is 11.8 Å². The van der Waals surface area contributed by atoms with Crippen molar-refractivity contribution in [2.75, 3.05) is 0 Å². The van der Waals surface area contributed by atoms with E-state index in [0.29, 0.717) is 0 Å². The molecule has 0 spiro atoms. The van der Waals surface area contributed by atoms with E-state index in [1.165, 1.54) is 0 Å². The second-order valence-corrected chi connectivity index (χ2v) is 2.51. The highest BCUT2D eigenvalue weighted by Gasteiger charge is 2.10. The molecule has 3 nitrogen and oxygen atoms in total. The van der Waals surface area contributed by atoms with Gasteiger partial charge in [-0.25, -0.2) is 4.89 Å². The molecule has 0 heterocycles. The summed E-state index contributed by atoms with van der Waals surface area (Å²) in [6.45, 7) is 5.55. The lowest BCUT2D eigenvalue weighted by molar-refractivity contribution is -0.368. The Hall–Kier alpha value is 0.170. The molecule has 0 aliphatic carbocycles. The Bertz CT molecular complexity index is 61.5. The molecule has 0 aromatic heterocycles. The molecule has 0 aromatic rings. The Morgan fingerprint density at radius 1 is 1.38 bits per heavy atom. The first-order valence-electron chi connectivity index (χ1n) is 2.26. The lowest BCUT2D eigenvalue weighted by Crippen LogP contribution is -2.21. The minimum absolute atomic E-state index is 0.318. The van der Waals surface area contributed by atoms with E-state index in [4.69, 9.17) is 11.8 Å². The highest BCUT2D eigenvalue weighted by molar-refractivity contribution is 6.12. The Morgan fingerprint density at radius 2 is 1.88 bits per heavy atom. The SMILES string of the molecule is CC(C)(C)OONCl. The summed E-state index contributed by atoms with van der Waals surface area (Å²) in [4.78, 5) is 10.7.